The molecule has 3 heterocycles. The number of piperidine rings is 1. The zero-order valence-corrected chi connectivity index (χ0v) is 15.5. The Labute approximate surface area is 148 Å². The molecule has 1 amide bonds. The molecule has 1 atom stereocenters. The molecule has 7 nitrogen and oxygen atoms in total. The molecule has 0 aromatic carbocycles. The van der Waals surface area contributed by atoms with Crippen molar-refractivity contribution in [2.45, 2.75) is 58.9 Å². The van der Waals surface area contributed by atoms with Gasteiger partial charge in [-0.25, -0.2) is 9.50 Å². The Kier molecular flexibility index (Phi) is 5.63. The third-order valence-electron chi connectivity index (χ3n) is 4.92. The molecule has 0 radical (unpaired) electrons. The molecule has 25 heavy (non-hydrogen) atoms. The monoisotopic (exact) mass is 344 g/mol. The number of nitrogens with zero attached hydrogens (tertiary/aromatic N) is 5. The van der Waals surface area contributed by atoms with Gasteiger partial charge in [-0.15, -0.1) is 5.10 Å². The van der Waals surface area contributed by atoms with E-state index in [-0.39, 0.29) is 11.7 Å². The number of rotatable bonds is 6. The van der Waals surface area contributed by atoms with E-state index in [0.717, 1.165) is 30.8 Å². The average Bonchev–Trinajstić information content (AvgIpc) is 3.00. The average molecular weight is 344 g/mol. The van der Waals surface area contributed by atoms with Gasteiger partial charge in [-0.3, -0.25) is 4.79 Å². The summed E-state index contributed by atoms with van der Waals surface area (Å²) in [5, 5.41) is 7.18. The summed E-state index contributed by atoms with van der Waals surface area (Å²) in [6.07, 6.45) is 6.05. The highest BCUT2D eigenvalue weighted by atomic mass is 16.2. The van der Waals surface area contributed by atoms with Crippen LogP contribution in [0.1, 0.15) is 61.0 Å². The summed E-state index contributed by atoms with van der Waals surface area (Å²) in [5.74, 6) is 0.432. The van der Waals surface area contributed by atoms with Crippen LogP contribution in [0.2, 0.25) is 0 Å². The number of carbonyl (C=O) groups excluding carboxylic acids is 1. The number of likely N-dealkylation sites (tertiary alicyclic amines) is 1. The molecule has 1 saturated heterocycles. The number of aryl methyl sites for hydroxylation is 2. The third-order valence-corrected chi connectivity index (χ3v) is 4.92. The molecule has 136 valence electrons. The first-order valence-electron chi connectivity index (χ1n) is 9.28. The Morgan fingerprint density at radius 2 is 2.12 bits per heavy atom. The van der Waals surface area contributed by atoms with Crippen molar-refractivity contribution >= 4 is 11.7 Å². The van der Waals surface area contributed by atoms with E-state index in [4.69, 9.17) is 0 Å². The van der Waals surface area contributed by atoms with Crippen LogP contribution in [0, 0.1) is 13.8 Å². The van der Waals surface area contributed by atoms with E-state index in [0.29, 0.717) is 18.4 Å². The zero-order valence-electron chi connectivity index (χ0n) is 15.5. The van der Waals surface area contributed by atoms with Gasteiger partial charge in [0.25, 0.3) is 11.7 Å². The van der Waals surface area contributed by atoms with Crippen LogP contribution in [0.5, 0.6) is 0 Å². The molecule has 2 aromatic rings. The molecule has 1 N–H and O–H groups in total. The minimum atomic E-state index is -0.228. The van der Waals surface area contributed by atoms with Crippen molar-refractivity contribution in [3.63, 3.8) is 0 Å². The number of amides is 1. The summed E-state index contributed by atoms with van der Waals surface area (Å²) >= 11 is 0. The van der Waals surface area contributed by atoms with E-state index in [9.17, 15) is 4.79 Å². The van der Waals surface area contributed by atoms with Gasteiger partial charge in [0, 0.05) is 24.0 Å². The third kappa shape index (κ3) is 4.34. The van der Waals surface area contributed by atoms with Gasteiger partial charge in [0.2, 0.25) is 5.82 Å². The smallest absolute Gasteiger partial charge is 0.291 e. The predicted octanol–water partition coefficient (Wildman–Crippen LogP) is 2.13. The lowest BCUT2D eigenvalue weighted by Gasteiger charge is -2.33. The number of hydrogen-bond acceptors (Lipinski definition) is 5. The quantitative estimate of drug-likeness (QED) is 0.813. The topological polar surface area (TPSA) is 75.4 Å². The zero-order chi connectivity index (χ0) is 17.8. The molecule has 0 spiro atoms. The predicted molar refractivity (Wildman–Crippen MR) is 96.7 cm³/mol. The van der Waals surface area contributed by atoms with Gasteiger partial charge in [0.05, 0.1) is 0 Å². The van der Waals surface area contributed by atoms with Crippen molar-refractivity contribution in [2.24, 2.45) is 0 Å². The van der Waals surface area contributed by atoms with Crippen molar-refractivity contribution in [1.29, 1.82) is 0 Å². The van der Waals surface area contributed by atoms with Crippen molar-refractivity contribution in [3.05, 3.63) is 23.3 Å². The lowest BCUT2D eigenvalue weighted by atomic mass is 10.0. The maximum atomic E-state index is 12.2. The molecule has 1 fully saturated rings. The summed E-state index contributed by atoms with van der Waals surface area (Å²) in [4.78, 5) is 23.4. The van der Waals surface area contributed by atoms with E-state index >= 15 is 0 Å². The van der Waals surface area contributed by atoms with Crippen molar-refractivity contribution in [3.8, 4) is 0 Å². The molecular weight excluding hydrogens is 316 g/mol. The normalized spacial score (nSPS) is 18.6. The van der Waals surface area contributed by atoms with Crippen molar-refractivity contribution in [1.82, 2.24) is 29.8 Å². The largest absolute Gasteiger partial charge is 0.349 e. The molecule has 1 aliphatic rings. The fraction of sp³-hybridized carbons (Fsp3) is 0.667. The minimum Gasteiger partial charge on any atom is -0.349 e. The van der Waals surface area contributed by atoms with Gasteiger partial charge >= 0.3 is 0 Å². The van der Waals surface area contributed by atoms with Gasteiger partial charge < -0.3 is 10.2 Å². The Morgan fingerprint density at radius 3 is 2.92 bits per heavy atom. The van der Waals surface area contributed by atoms with Crippen LogP contribution in [-0.4, -0.2) is 56.1 Å². The van der Waals surface area contributed by atoms with Crippen LogP contribution >= 0.6 is 0 Å². The van der Waals surface area contributed by atoms with E-state index < -0.39 is 0 Å². The van der Waals surface area contributed by atoms with E-state index in [1.807, 2.05) is 19.9 Å². The fourth-order valence-electron chi connectivity index (χ4n) is 3.47. The maximum absolute atomic E-state index is 12.2. The summed E-state index contributed by atoms with van der Waals surface area (Å²) in [6.45, 7) is 9.14. The number of fused-ring (bicyclic) bond motifs is 1. The molecule has 1 aliphatic heterocycles. The van der Waals surface area contributed by atoms with Crippen molar-refractivity contribution in [2.75, 3.05) is 19.6 Å². The van der Waals surface area contributed by atoms with E-state index in [2.05, 4.69) is 32.2 Å². The van der Waals surface area contributed by atoms with Gasteiger partial charge in [-0.1, -0.05) is 6.42 Å². The SMILES string of the molecule is Cc1cc(C)n2nc(C(=O)NCCCCN3CCCCC3C)nc2n1. The standard InChI is InChI=1S/C18H28N6O/c1-13-12-15(3)24-18(20-13)21-16(22-24)17(25)19-9-5-7-11-23-10-6-4-8-14(23)2/h12,14H,4-11H2,1-3H3,(H,19,25). The maximum Gasteiger partial charge on any atom is 0.291 e. The van der Waals surface area contributed by atoms with Crippen LogP contribution in [0.25, 0.3) is 5.78 Å². The van der Waals surface area contributed by atoms with Gasteiger partial charge in [0.15, 0.2) is 0 Å². The number of hydrogen-bond donors (Lipinski definition) is 1. The lowest BCUT2D eigenvalue weighted by molar-refractivity contribution is 0.0941. The first-order chi connectivity index (χ1) is 12.0. The molecule has 3 rings (SSSR count). The molecule has 0 bridgehead atoms. The number of aromatic nitrogens is 4. The highest BCUT2D eigenvalue weighted by molar-refractivity contribution is 5.90. The van der Waals surface area contributed by atoms with E-state index in [1.165, 1.54) is 25.8 Å². The Bertz CT molecular complexity index is 740. The minimum absolute atomic E-state index is 0.186. The Balaban J connectivity index is 1.46. The van der Waals surface area contributed by atoms with E-state index in [1.54, 1.807) is 4.52 Å². The van der Waals surface area contributed by atoms with Gasteiger partial charge in [0.1, 0.15) is 0 Å². The highest BCUT2D eigenvalue weighted by Crippen LogP contribution is 2.16. The van der Waals surface area contributed by atoms with Crippen LogP contribution in [-0.2, 0) is 0 Å². The summed E-state index contributed by atoms with van der Waals surface area (Å²) in [7, 11) is 0. The molecule has 7 heteroatoms. The number of nitrogens with one attached hydrogen (secondary N) is 1. The Hall–Kier alpha value is -2.02. The van der Waals surface area contributed by atoms with Gasteiger partial charge in [-0.05, 0) is 65.6 Å². The molecule has 0 saturated carbocycles. The van der Waals surface area contributed by atoms with Crippen LogP contribution in [0.4, 0.5) is 0 Å². The lowest BCUT2D eigenvalue weighted by Crippen LogP contribution is -2.38. The Morgan fingerprint density at radius 1 is 1.28 bits per heavy atom. The van der Waals surface area contributed by atoms with Crippen LogP contribution in [0.15, 0.2) is 6.07 Å². The van der Waals surface area contributed by atoms with Gasteiger partial charge in [-0.2, -0.15) is 4.98 Å². The molecule has 2 aromatic heterocycles. The van der Waals surface area contributed by atoms with Crippen molar-refractivity contribution < 1.29 is 4.79 Å². The van der Waals surface area contributed by atoms with Crippen LogP contribution < -0.4 is 5.32 Å². The second-order valence-electron chi connectivity index (χ2n) is 7.03. The summed E-state index contributed by atoms with van der Waals surface area (Å²) < 4.78 is 1.61. The van der Waals surface area contributed by atoms with Crippen LogP contribution in [0.3, 0.4) is 0 Å². The first kappa shape index (κ1) is 17.8. The molecule has 1 unspecified atom stereocenters. The first-order valence-corrected chi connectivity index (χ1v) is 9.28. The number of unbranched alkanes of at least 4 members (excludes halogenated alkanes) is 1. The fourth-order valence-corrected chi connectivity index (χ4v) is 3.47. The highest BCUT2D eigenvalue weighted by Gasteiger charge is 2.17. The summed E-state index contributed by atoms with van der Waals surface area (Å²) in [6, 6.07) is 2.62. The second-order valence-corrected chi connectivity index (χ2v) is 7.03. The molecule has 0 aliphatic carbocycles. The summed E-state index contributed by atoms with van der Waals surface area (Å²) in [5.41, 5.74) is 1.79. The molecular formula is C18H28N6O. The second kappa shape index (κ2) is 7.91. The number of carbonyl (C=O) groups is 1.